The summed E-state index contributed by atoms with van der Waals surface area (Å²) in [6.45, 7) is 7.15. The number of nitrogens with one attached hydrogen (secondary N) is 1. The number of ether oxygens (including phenoxy) is 1. The van der Waals surface area contributed by atoms with Gasteiger partial charge in [-0.15, -0.1) is 0 Å². The molecule has 0 spiro atoms. The van der Waals surface area contributed by atoms with Gasteiger partial charge in [0.2, 0.25) is 0 Å². The van der Waals surface area contributed by atoms with Crippen LogP contribution in [0, 0.1) is 6.92 Å². The number of hydrogen-bond donors (Lipinski definition) is 1. The average molecular weight is 324 g/mol. The van der Waals surface area contributed by atoms with Gasteiger partial charge in [0.15, 0.2) is 0 Å². The number of amides is 1. The zero-order valence-corrected chi connectivity index (χ0v) is 14.1. The minimum atomic E-state index is -0.0348. The molecule has 2 aromatic rings. The highest BCUT2D eigenvalue weighted by Crippen LogP contribution is 2.10. The molecule has 0 aliphatic carbocycles. The largest absolute Gasteiger partial charge is 0.379 e. The highest BCUT2D eigenvalue weighted by atomic mass is 16.5. The average Bonchev–Trinajstić information content (AvgIpc) is 2.62. The predicted molar refractivity (Wildman–Crippen MR) is 94.9 cm³/mol. The van der Waals surface area contributed by atoms with Crippen molar-refractivity contribution >= 4 is 5.91 Å². The van der Waals surface area contributed by atoms with Gasteiger partial charge in [0.05, 0.1) is 13.2 Å². The van der Waals surface area contributed by atoms with E-state index in [0.29, 0.717) is 12.1 Å². The second-order valence-electron chi connectivity index (χ2n) is 6.25. The van der Waals surface area contributed by atoms with Crippen LogP contribution in [-0.4, -0.2) is 37.1 Å². The van der Waals surface area contributed by atoms with E-state index < -0.39 is 0 Å². The van der Waals surface area contributed by atoms with Crippen LogP contribution in [0.3, 0.4) is 0 Å². The van der Waals surface area contributed by atoms with Gasteiger partial charge >= 0.3 is 0 Å². The van der Waals surface area contributed by atoms with Crippen LogP contribution in [0.25, 0.3) is 0 Å². The van der Waals surface area contributed by atoms with Crippen molar-refractivity contribution in [2.45, 2.75) is 20.0 Å². The van der Waals surface area contributed by atoms with Crippen molar-refractivity contribution in [3.05, 3.63) is 70.8 Å². The highest BCUT2D eigenvalue weighted by molar-refractivity contribution is 5.94. The molecule has 0 saturated carbocycles. The van der Waals surface area contributed by atoms with E-state index in [4.69, 9.17) is 4.74 Å². The standard InChI is InChI=1S/C20H24N2O2/c1-16-2-8-19(9-3-16)20(23)21-14-17-4-6-18(7-5-17)15-22-10-12-24-13-11-22/h2-9H,10-15H2,1H3,(H,21,23). The van der Waals surface area contributed by atoms with Crippen LogP contribution in [0.5, 0.6) is 0 Å². The zero-order valence-electron chi connectivity index (χ0n) is 14.1. The summed E-state index contributed by atoms with van der Waals surface area (Å²) in [6, 6.07) is 16.1. The molecule has 0 bridgehead atoms. The summed E-state index contributed by atoms with van der Waals surface area (Å²) in [5.41, 5.74) is 4.26. The molecule has 1 aliphatic rings. The monoisotopic (exact) mass is 324 g/mol. The van der Waals surface area contributed by atoms with Crippen LogP contribution in [0.2, 0.25) is 0 Å². The number of morpholine rings is 1. The van der Waals surface area contributed by atoms with Gasteiger partial charge in [-0.05, 0) is 30.2 Å². The Labute approximate surface area is 143 Å². The molecule has 2 aromatic carbocycles. The van der Waals surface area contributed by atoms with Gasteiger partial charge in [-0.1, -0.05) is 42.0 Å². The molecule has 4 nitrogen and oxygen atoms in total. The zero-order chi connectivity index (χ0) is 16.8. The third-order valence-corrected chi connectivity index (χ3v) is 4.30. The lowest BCUT2D eigenvalue weighted by atomic mass is 10.1. The van der Waals surface area contributed by atoms with E-state index in [9.17, 15) is 4.79 Å². The summed E-state index contributed by atoms with van der Waals surface area (Å²) >= 11 is 0. The molecule has 3 rings (SSSR count). The fourth-order valence-electron chi connectivity index (χ4n) is 2.77. The van der Waals surface area contributed by atoms with Crippen molar-refractivity contribution in [3.8, 4) is 0 Å². The molecule has 0 radical (unpaired) electrons. The summed E-state index contributed by atoms with van der Waals surface area (Å²) in [4.78, 5) is 14.5. The first-order valence-electron chi connectivity index (χ1n) is 8.43. The lowest BCUT2D eigenvalue weighted by Gasteiger charge is -2.26. The molecule has 1 heterocycles. The summed E-state index contributed by atoms with van der Waals surface area (Å²) in [5, 5.41) is 2.97. The normalized spacial score (nSPS) is 15.2. The van der Waals surface area contributed by atoms with E-state index >= 15 is 0 Å². The molecule has 126 valence electrons. The van der Waals surface area contributed by atoms with E-state index in [0.717, 1.165) is 44.0 Å². The Morgan fingerprint density at radius 3 is 2.29 bits per heavy atom. The molecule has 24 heavy (non-hydrogen) atoms. The Balaban J connectivity index is 1.50. The Morgan fingerprint density at radius 2 is 1.62 bits per heavy atom. The first-order valence-corrected chi connectivity index (χ1v) is 8.43. The van der Waals surface area contributed by atoms with Crippen LogP contribution in [-0.2, 0) is 17.8 Å². The maximum Gasteiger partial charge on any atom is 0.251 e. The molecular formula is C20H24N2O2. The minimum absolute atomic E-state index is 0.0348. The Morgan fingerprint density at radius 1 is 1.00 bits per heavy atom. The minimum Gasteiger partial charge on any atom is -0.379 e. The number of carbonyl (C=O) groups is 1. The molecule has 1 amide bonds. The van der Waals surface area contributed by atoms with Crippen LogP contribution in [0.1, 0.15) is 27.0 Å². The SMILES string of the molecule is Cc1ccc(C(=O)NCc2ccc(CN3CCOCC3)cc2)cc1. The van der Waals surface area contributed by atoms with Gasteiger partial charge in [0.25, 0.3) is 5.91 Å². The summed E-state index contributed by atoms with van der Waals surface area (Å²) in [5.74, 6) is -0.0348. The topological polar surface area (TPSA) is 41.6 Å². The van der Waals surface area contributed by atoms with Gasteiger partial charge < -0.3 is 10.1 Å². The number of carbonyl (C=O) groups excluding carboxylic acids is 1. The van der Waals surface area contributed by atoms with Crippen LogP contribution >= 0.6 is 0 Å². The third-order valence-electron chi connectivity index (χ3n) is 4.30. The number of aryl methyl sites for hydroxylation is 1. The van der Waals surface area contributed by atoms with Crippen LogP contribution in [0.15, 0.2) is 48.5 Å². The van der Waals surface area contributed by atoms with Crippen molar-refractivity contribution in [2.75, 3.05) is 26.3 Å². The van der Waals surface area contributed by atoms with E-state index in [1.165, 1.54) is 5.56 Å². The van der Waals surface area contributed by atoms with E-state index in [1.807, 2.05) is 31.2 Å². The first kappa shape index (κ1) is 16.7. The summed E-state index contributed by atoms with van der Waals surface area (Å²) < 4.78 is 5.37. The van der Waals surface area contributed by atoms with Crippen molar-refractivity contribution in [2.24, 2.45) is 0 Å². The molecular weight excluding hydrogens is 300 g/mol. The van der Waals surface area contributed by atoms with Crippen LogP contribution in [0.4, 0.5) is 0 Å². The van der Waals surface area contributed by atoms with Gasteiger partial charge in [0.1, 0.15) is 0 Å². The molecule has 1 fully saturated rings. The fourth-order valence-corrected chi connectivity index (χ4v) is 2.77. The Kier molecular flexibility index (Phi) is 5.62. The van der Waals surface area contributed by atoms with Gasteiger partial charge in [-0.25, -0.2) is 0 Å². The van der Waals surface area contributed by atoms with E-state index in [1.54, 1.807) is 0 Å². The molecule has 0 atom stereocenters. The van der Waals surface area contributed by atoms with Crippen molar-refractivity contribution in [1.82, 2.24) is 10.2 Å². The van der Waals surface area contributed by atoms with Crippen molar-refractivity contribution < 1.29 is 9.53 Å². The van der Waals surface area contributed by atoms with Gasteiger partial charge in [0, 0.05) is 31.7 Å². The maximum absolute atomic E-state index is 12.1. The first-order chi connectivity index (χ1) is 11.7. The molecule has 1 N–H and O–H groups in total. The van der Waals surface area contributed by atoms with Crippen molar-refractivity contribution in [1.29, 1.82) is 0 Å². The smallest absolute Gasteiger partial charge is 0.251 e. The lowest BCUT2D eigenvalue weighted by Crippen LogP contribution is -2.35. The quantitative estimate of drug-likeness (QED) is 0.919. The molecule has 1 saturated heterocycles. The highest BCUT2D eigenvalue weighted by Gasteiger charge is 2.10. The van der Waals surface area contributed by atoms with Gasteiger partial charge in [-0.3, -0.25) is 9.69 Å². The number of nitrogens with zero attached hydrogens (tertiary/aromatic N) is 1. The van der Waals surface area contributed by atoms with E-state index in [2.05, 4.69) is 34.5 Å². The Hall–Kier alpha value is -2.17. The molecule has 0 aromatic heterocycles. The third kappa shape index (κ3) is 4.66. The number of rotatable bonds is 5. The predicted octanol–water partition coefficient (Wildman–Crippen LogP) is 2.76. The number of benzene rings is 2. The molecule has 0 unspecified atom stereocenters. The fraction of sp³-hybridized carbons (Fsp3) is 0.350. The lowest BCUT2D eigenvalue weighted by molar-refractivity contribution is 0.0342. The second kappa shape index (κ2) is 8.08. The molecule has 4 heteroatoms. The second-order valence-corrected chi connectivity index (χ2v) is 6.25. The summed E-state index contributed by atoms with van der Waals surface area (Å²) in [6.07, 6.45) is 0. The summed E-state index contributed by atoms with van der Waals surface area (Å²) in [7, 11) is 0. The maximum atomic E-state index is 12.1. The van der Waals surface area contributed by atoms with E-state index in [-0.39, 0.29) is 5.91 Å². The Bertz CT molecular complexity index is 659. The molecule has 1 aliphatic heterocycles. The van der Waals surface area contributed by atoms with Crippen LogP contribution < -0.4 is 5.32 Å². The van der Waals surface area contributed by atoms with Crippen molar-refractivity contribution in [3.63, 3.8) is 0 Å². The van der Waals surface area contributed by atoms with Gasteiger partial charge in [-0.2, -0.15) is 0 Å². The number of hydrogen-bond acceptors (Lipinski definition) is 3.